The molecule has 1 aliphatic rings. The normalized spacial score (nSPS) is 22.2. The van der Waals surface area contributed by atoms with Crippen molar-refractivity contribution in [3.8, 4) is 0 Å². The number of aliphatic hydroxyl groups excluding tert-OH is 1. The second-order valence-corrected chi connectivity index (χ2v) is 4.75. The minimum absolute atomic E-state index is 0.111. The van der Waals surface area contributed by atoms with E-state index in [2.05, 4.69) is 10.4 Å². The fraction of sp³-hybridized carbons (Fsp3) is 0.500. The molecule has 1 saturated carbocycles. The summed E-state index contributed by atoms with van der Waals surface area (Å²) in [4.78, 5) is 17.8. The lowest BCUT2D eigenvalue weighted by atomic mass is 9.82. The van der Waals surface area contributed by atoms with Gasteiger partial charge >= 0.3 is 0 Å². The van der Waals surface area contributed by atoms with Crippen LogP contribution in [-0.4, -0.2) is 40.6 Å². The van der Waals surface area contributed by atoms with Crippen LogP contribution in [0.1, 0.15) is 23.3 Å². The zero-order valence-electron chi connectivity index (χ0n) is 10.3. The van der Waals surface area contributed by atoms with Crippen molar-refractivity contribution in [2.75, 3.05) is 19.0 Å². The van der Waals surface area contributed by atoms with Crippen molar-refractivity contribution in [3.63, 3.8) is 0 Å². The number of hydrazine groups is 1. The first-order valence-corrected chi connectivity index (χ1v) is 5.96. The molecule has 1 amide bonds. The first-order chi connectivity index (χ1) is 8.60. The minimum Gasteiger partial charge on any atom is -0.393 e. The Hall–Kier alpha value is -1.66. The molecule has 1 fully saturated rings. The van der Waals surface area contributed by atoms with E-state index in [1.54, 1.807) is 24.1 Å². The second kappa shape index (κ2) is 5.32. The lowest BCUT2D eigenvalue weighted by molar-refractivity contribution is 0.0264. The van der Waals surface area contributed by atoms with E-state index >= 15 is 0 Å². The summed E-state index contributed by atoms with van der Waals surface area (Å²) in [6, 6.07) is 3.35. The SMILES string of the molecule is CN(CC1CC(O)C1)C(=O)c1ccc(NN)cn1. The lowest BCUT2D eigenvalue weighted by Gasteiger charge is -2.34. The van der Waals surface area contributed by atoms with E-state index in [-0.39, 0.29) is 12.0 Å². The number of aromatic nitrogens is 1. The Kier molecular flexibility index (Phi) is 3.78. The van der Waals surface area contributed by atoms with Crippen LogP contribution in [0.15, 0.2) is 18.3 Å². The molecular weight excluding hydrogens is 232 g/mol. The highest BCUT2D eigenvalue weighted by Gasteiger charge is 2.29. The summed E-state index contributed by atoms with van der Waals surface area (Å²) >= 11 is 0. The molecule has 0 aromatic carbocycles. The molecule has 4 N–H and O–H groups in total. The average molecular weight is 250 g/mol. The van der Waals surface area contributed by atoms with Crippen molar-refractivity contribution in [2.45, 2.75) is 18.9 Å². The van der Waals surface area contributed by atoms with Crippen molar-refractivity contribution in [2.24, 2.45) is 11.8 Å². The van der Waals surface area contributed by atoms with Crippen molar-refractivity contribution in [1.29, 1.82) is 0 Å². The van der Waals surface area contributed by atoms with Gasteiger partial charge in [-0.15, -0.1) is 0 Å². The Morgan fingerprint density at radius 1 is 1.61 bits per heavy atom. The van der Waals surface area contributed by atoms with Crippen molar-refractivity contribution in [1.82, 2.24) is 9.88 Å². The zero-order chi connectivity index (χ0) is 13.1. The van der Waals surface area contributed by atoms with Gasteiger partial charge in [0.2, 0.25) is 0 Å². The summed E-state index contributed by atoms with van der Waals surface area (Å²) in [6.07, 6.45) is 2.89. The van der Waals surface area contributed by atoms with Gasteiger partial charge in [0.05, 0.1) is 18.0 Å². The Morgan fingerprint density at radius 3 is 2.83 bits per heavy atom. The highest BCUT2D eigenvalue weighted by atomic mass is 16.3. The first kappa shape index (κ1) is 12.8. The van der Waals surface area contributed by atoms with Gasteiger partial charge in [-0.3, -0.25) is 10.6 Å². The van der Waals surface area contributed by atoms with E-state index in [1.807, 2.05) is 0 Å². The van der Waals surface area contributed by atoms with Gasteiger partial charge in [-0.05, 0) is 30.9 Å². The fourth-order valence-electron chi connectivity index (χ4n) is 2.12. The third-order valence-electron chi connectivity index (χ3n) is 3.24. The van der Waals surface area contributed by atoms with Crippen molar-refractivity contribution in [3.05, 3.63) is 24.0 Å². The van der Waals surface area contributed by atoms with Gasteiger partial charge in [0, 0.05) is 13.6 Å². The highest BCUT2D eigenvalue weighted by molar-refractivity contribution is 5.92. The van der Waals surface area contributed by atoms with Crippen LogP contribution >= 0.6 is 0 Å². The van der Waals surface area contributed by atoms with E-state index < -0.39 is 0 Å². The number of nitrogens with zero attached hydrogens (tertiary/aromatic N) is 2. The third kappa shape index (κ3) is 2.77. The van der Waals surface area contributed by atoms with E-state index in [0.717, 1.165) is 12.8 Å². The van der Waals surface area contributed by atoms with Crippen LogP contribution in [-0.2, 0) is 0 Å². The van der Waals surface area contributed by atoms with Gasteiger partial charge in [0.15, 0.2) is 0 Å². The monoisotopic (exact) mass is 250 g/mol. The maximum atomic E-state index is 12.1. The lowest BCUT2D eigenvalue weighted by Crippen LogP contribution is -2.39. The number of carbonyl (C=O) groups excluding carboxylic acids is 1. The van der Waals surface area contributed by atoms with Crippen LogP contribution in [0.2, 0.25) is 0 Å². The summed E-state index contributed by atoms with van der Waals surface area (Å²) in [6.45, 7) is 0.661. The molecular formula is C12H18N4O2. The summed E-state index contributed by atoms with van der Waals surface area (Å²) in [5, 5.41) is 9.21. The number of rotatable bonds is 4. The summed E-state index contributed by atoms with van der Waals surface area (Å²) < 4.78 is 0. The minimum atomic E-state index is -0.188. The summed E-state index contributed by atoms with van der Waals surface area (Å²) in [5.74, 6) is 5.52. The molecule has 6 heteroatoms. The predicted octanol–water partition coefficient (Wildman–Crippen LogP) is 0.210. The van der Waals surface area contributed by atoms with Gasteiger partial charge in [0.1, 0.15) is 5.69 Å². The molecule has 0 atom stereocenters. The molecule has 0 saturated heterocycles. The Morgan fingerprint density at radius 2 is 2.33 bits per heavy atom. The van der Waals surface area contributed by atoms with Gasteiger partial charge in [0.25, 0.3) is 5.91 Å². The smallest absolute Gasteiger partial charge is 0.272 e. The van der Waals surface area contributed by atoms with Crippen LogP contribution < -0.4 is 11.3 Å². The summed E-state index contributed by atoms with van der Waals surface area (Å²) in [7, 11) is 1.75. The number of nitrogens with one attached hydrogen (secondary N) is 1. The van der Waals surface area contributed by atoms with E-state index in [1.165, 1.54) is 6.20 Å². The van der Waals surface area contributed by atoms with Gasteiger partial charge in [-0.1, -0.05) is 0 Å². The molecule has 2 rings (SSSR count). The maximum Gasteiger partial charge on any atom is 0.272 e. The number of nitrogen functional groups attached to an aromatic ring is 1. The number of hydrogen-bond acceptors (Lipinski definition) is 5. The van der Waals surface area contributed by atoms with E-state index in [0.29, 0.717) is 23.8 Å². The number of anilines is 1. The average Bonchev–Trinajstić information content (AvgIpc) is 2.36. The number of amides is 1. The standard InChI is InChI=1S/C12H18N4O2/c1-16(7-8-4-10(17)5-8)12(18)11-3-2-9(15-13)6-14-11/h2-3,6,8,10,15,17H,4-5,7,13H2,1H3. The van der Waals surface area contributed by atoms with E-state index in [9.17, 15) is 9.90 Å². The molecule has 0 aliphatic heterocycles. The zero-order valence-corrected chi connectivity index (χ0v) is 10.3. The highest BCUT2D eigenvalue weighted by Crippen LogP contribution is 2.27. The third-order valence-corrected chi connectivity index (χ3v) is 3.24. The molecule has 98 valence electrons. The Balaban J connectivity index is 1.92. The number of pyridine rings is 1. The largest absolute Gasteiger partial charge is 0.393 e. The number of aliphatic hydroxyl groups is 1. The molecule has 1 aromatic rings. The van der Waals surface area contributed by atoms with Crippen LogP contribution in [0, 0.1) is 5.92 Å². The molecule has 6 nitrogen and oxygen atoms in total. The Labute approximate surface area is 106 Å². The molecule has 1 heterocycles. The van der Waals surface area contributed by atoms with Crippen LogP contribution in [0.25, 0.3) is 0 Å². The number of nitrogens with two attached hydrogens (primary N) is 1. The maximum absolute atomic E-state index is 12.1. The van der Waals surface area contributed by atoms with Crippen LogP contribution in [0.5, 0.6) is 0 Å². The Bertz CT molecular complexity index is 415. The predicted molar refractivity (Wildman–Crippen MR) is 67.7 cm³/mol. The van der Waals surface area contributed by atoms with Gasteiger partial charge in [-0.2, -0.15) is 0 Å². The second-order valence-electron chi connectivity index (χ2n) is 4.75. The van der Waals surface area contributed by atoms with Crippen molar-refractivity contribution >= 4 is 11.6 Å². The number of hydrogen-bond donors (Lipinski definition) is 3. The number of carbonyl (C=O) groups is 1. The van der Waals surface area contributed by atoms with Crippen LogP contribution in [0.4, 0.5) is 5.69 Å². The fourth-order valence-corrected chi connectivity index (χ4v) is 2.12. The quantitative estimate of drug-likeness (QED) is 0.525. The van der Waals surface area contributed by atoms with E-state index in [4.69, 9.17) is 5.84 Å². The van der Waals surface area contributed by atoms with Gasteiger partial charge in [-0.25, -0.2) is 4.98 Å². The van der Waals surface area contributed by atoms with Crippen LogP contribution in [0.3, 0.4) is 0 Å². The molecule has 0 unspecified atom stereocenters. The van der Waals surface area contributed by atoms with Crippen molar-refractivity contribution < 1.29 is 9.90 Å². The molecule has 1 aliphatic carbocycles. The molecule has 1 aromatic heterocycles. The first-order valence-electron chi connectivity index (χ1n) is 5.96. The molecule has 0 radical (unpaired) electrons. The topological polar surface area (TPSA) is 91.5 Å². The molecule has 0 spiro atoms. The molecule has 0 bridgehead atoms. The summed E-state index contributed by atoms with van der Waals surface area (Å²) in [5.41, 5.74) is 3.53. The molecule has 18 heavy (non-hydrogen) atoms. The van der Waals surface area contributed by atoms with Gasteiger partial charge < -0.3 is 15.4 Å².